The summed E-state index contributed by atoms with van der Waals surface area (Å²) in [4.78, 5) is 11.5. The molecule has 11 heteroatoms. The predicted molar refractivity (Wildman–Crippen MR) is 66.2 cm³/mol. The Bertz CT molecular complexity index is 636. The van der Waals surface area contributed by atoms with Crippen molar-refractivity contribution in [1.82, 2.24) is 5.32 Å². The molecule has 0 atom stereocenters. The molecule has 21 heavy (non-hydrogen) atoms. The zero-order valence-electron chi connectivity index (χ0n) is 9.97. The molecule has 0 heterocycles. The number of halogens is 6. The van der Waals surface area contributed by atoms with Crippen molar-refractivity contribution >= 4 is 31.7 Å². The number of alkyl halides is 3. The monoisotopic (exact) mass is 395 g/mol. The lowest BCUT2D eigenvalue weighted by molar-refractivity contribution is -0.0435. The van der Waals surface area contributed by atoms with E-state index in [4.69, 9.17) is 0 Å². The van der Waals surface area contributed by atoms with Gasteiger partial charge in [-0.1, -0.05) is 15.9 Å². The largest absolute Gasteiger partial charge is 0.497 e. The summed E-state index contributed by atoms with van der Waals surface area (Å²) in [5, 5.41) is 1.71. The van der Waals surface area contributed by atoms with Crippen molar-refractivity contribution in [2.45, 2.75) is 5.51 Å². The zero-order valence-corrected chi connectivity index (χ0v) is 12.4. The maximum Gasteiger partial charge on any atom is 0.497 e. The molecule has 0 aliphatic carbocycles. The van der Waals surface area contributed by atoms with Crippen molar-refractivity contribution in [2.24, 2.45) is 0 Å². The second-order valence-electron chi connectivity index (χ2n) is 3.76. The molecular weight excluding hydrogens is 389 g/mol. The van der Waals surface area contributed by atoms with E-state index in [0.29, 0.717) is 0 Å². The van der Waals surface area contributed by atoms with Crippen molar-refractivity contribution in [3.8, 4) is 0 Å². The summed E-state index contributed by atoms with van der Waals surface area (Å²) in [6.07, 6.45) is 0. The Kier molecular flexibility index (Phi) is 5.31. The van der Waals surface area contributed by atoms with Crippen molar-refractivity contribution < 1.29 is 35.2 Å². The quantitative estimate of drug-likeness (QED) is 0.796. The van der Waals surface area contributed by atoms with Gasteiger partial charge in [0.05, 0.1) is 5.75 Å². The highest BCUT2D eigenvalue weighted by Crippen LogP contribution is 2.23. The molecule has 1 rings (SSSR count). The number of benzene rings is 1. The minimum atomic E-state index is -5.45. The van der Waals surface area contributed by atoms with Gasteiger partial charge in [0.25, 0.3) is 5.91 Å². The number of nitrogens with one attached hydrogen (secondary N) is 1. The van der Waals surface area contributed by atoms with E-state index in [2.05, 4.69) is 15.9 Å². The Labute approximate surface area is 124 Å². The third-order valence-corrected chi connectivity index (χ3v) is 4.15. The summed E-state index contributed by atoms with van der Waals surface area (Å²) in [5.74, 6) is -5.26. The van der Waals surface area contributed by atoms with Crippen LogP contribution in [0.1, 0.15) is 10.4 Å². The summed E-state index contributed by atoms with van der Waals surface area (Å²) in [6.45, 7) is -0.935. The van der Waals surface area contributed by atoms with E-state index in [9.17, 15) is 35.2 Å². The highest BCUT2D eigenvalue weighted by atomic mass is 79.9. The van der Waals surface area contributed by atoms with E-state index in [-0.39, 0.29) is 4.47 Å². The molecule has 0 unspecified atom stereocenters. The Morgan fingerprint density at radius 2 is 1.67 bits per heavy atom. The van der Waals surface area contributed by atoms with Crippen molar-refractivity contribution in [3.63, 3.8) is 0 Å². The molecule has 1 aromatic carbocycles. The van der Waals surface area contributed by atoms with Crippen molar-refractivity contribution in [2.75, 3.05) is 12.3 Å². The standard InChI is InChI=1S/C10H7BrF5NO3S/c11-5-3-6(12)8(7(13)4-5)9(18)17-1-2-21(19,20)10(14,15)16/h3-4H,1-2H2,(H,17,18). The van der Waals surface area contributed by atoms with E-state index >= 15 is 0 Å². The molecule has 0 saturated carbocycles. The normalized spacial score (nSPS) is 12.3. The highest BCUT2D eigenvalue weighted by molar-refractivity contribution is 9.10. The van der Waals surface area contributed by atoms with Gasteiger partial charge in [0, 0.05) is 11.0 Å². The summed E-state index contributed by atoms with van der Waals surface area (Å²) in [6, 6.07) is 1.56. The number of hydrogen-bond donors (Lipinski definition) is 1. The molecule has 1 N–H and O–H groups in total. The molecule has 118 valence electrons. The first-order valence-corrected chi connectivity index (χ1v) is 7.62. The molecule has 0 saturated heterocycles. The minimum Gasteiger partial charge on any atom is -0.351 e. The third kappa shape index (κ3) is 4.37. The summed E-state index contributed by atoms with van der Waals surface area (Å²) >= 11 is 2.78. The van der Waals surface area contributed by atoms with Crippen molar-refractivity contribution in [1.29, 1.82) is 0 Å². The van der Waals surface area contributed by atoms with Crippen LogP contribution >= 0.6 is 15.9 Å². The second-order valence-corrected chi connectivity index (χ2v) is 6.78. The SMILES string of the molecule is O=C(NCCS(=O)(=O)C(F)(F)F)c1c(F)cc(Br)cc1F. The number of rotatable bonds is 4. The fourth-order valence-corrected chi connectivity index (χ4v) is 2.27. The van der Waals surface area contributed by atoms with Crippen LogP contribution in [0.4, 0.5) is 22.0 Å². The smallest absolute Gasteiger partial charge is 0.351 e. The van der Waals surface area contributed by atoms with E-state index < -0.39 is 50.7 Å². The summed E-state index contributed by atoms with van der Waals surface area (Å²) < 4.78 is 84.3. The van der Waals surface area contributed by atoms with Gasteiger partial charge in [0.15, 0.2) is 0 Å². The zero-order chi connectivity index (χ0) is 16.4. The van der Waals surface area contributed by atoms with Crippen LogP contribution in [0.2, 0.25) is 0 Å². The van der Waals surface area contributed by atoms with Gasteiger partial charge in [0.1, 0.15) is 17.2 Å². The first kappa shape index (κ1) is 17.8. The lowest BCUT2D eigenvalue weighted by atomic mass is 10.2. The Hall–Kier alpha value is -1.23. The van der Waals surface area contributed by atoms with Gasteiger partial charge >= 0.3 is 5.51 Å². The molecule has 0 radical (unpaired) electrons. The average Bonchev–Trinajstić information content (AvgIpc) is 2.25. The second kappa shape index (κ2) is 6.26. The first-order valence-electron chi connectivity index (χ1n) is 5.17. The lowest BCUT2D eigenvalue weighted by Crippen LogP contribution is -2.35. The molecule has 4 nitrogen and oxygen atoms in total. The van der Waals surface area contributed by atoms with E-state index in [1.54, 1.807) is 5.32 Å². The van der Waals surface area contributed by atoms with Crippen LogP contribution in [0, 0.1) is 11.6 Å². The Balaban J connectivity index is 2.77. The molecule has 1 amide bonds. The molecule has 0 aliphatic heterocycles. The third-order valence-electron chi connectivity index (χ3n) is 2.24. The maximum atomic E-state index is 13.4. The minimum absolute atomic E-state index is 0.0219. The number of sulfone groups is 1. The number of carbonyl (C=O) groups excluding carboxylic acids is 1. The first-order chi connectivity index (χ1) is 9.45. The van der Waals surface area contributed by atoms with Crippen LogP contribution in [-0.2, 0) is 9.84 Å². The van der Waals surface area contributed by atoms with Gasteiger partial charge in [-0.3, -0.25) is 4.79 Å². The molecule has 0 fully saturated rings. The van der Waals surface area contributed by atoms with Crippen LogP contribution in [0.15, 0.2) is 16.6 Å². The molecular formula is C10H7BrF5NO3S. The van der Waals surface area contributed by atoms with E-state index in [0.717, 1.165) is 12.1 Å². The van der Waals surface area contributed by atoms with Crippen LogP contribution < -0.4 is 5.32 Å². The summed E-state index contributed by atoms with van der Waals surface area (Å²) in [5.41, 5.74) is -6.46. The topological polar surface area (TPSA) is 63.2 Å². The highest BCUT2D eigenvalue weighted by Gasteiger charge is 2.44. The fourth-order valence-electron chi connectivity index (χ4n) is 1.26. The average molecular weight is 396 g/mol. The van der Waals surface area contributed by atoms with Gasteiger partial charge in [-0.05, 0) is 12.1 Å². The lowest BCUT2D eigenvalue weighted by Gasteiger charge is -2.10. The molecule has 0 spiro atoms. The Morgan fingerprint density at radius 1 is 1.19 bits per heavy atom. The van der Waals surface area contributed by atoms with Gasteiger partial charge in [0.2, 0.25) is 9.84 Å². The van der Waals surface area contributed by atoms with Crippen LogP contribution in [0.3, 0.4) is 0 Å². The Morgan fingerprint density at radius 3 is 2.10 bits per heavy atom. The summed E-state index contributed by atoms with van der Waals surface area (Å²) in [7, 11) is -5.41. The number of hydrogen-bond acceptors (Lipinski definition) is 3. The van der Waals surface area contributed by atoms with E-state index in [1.807, 2.05) is 0 Å². The van der Waals surface area contributed by atoms with Gasteiger partial charge in [-0.2, -0.15) is 13.2 Å². The molecule has 0 aliphatic rings. The molecule has 0 bridgehead atoms. The van der Waals surface area contributed by atoms with Gasteiger partial charge in [-0.15, -0.1) is 0 Å². The van der Waals surface area contributed by atoms with Crippen LogP contribution in [-0.4, -0.2) is 32.1 Å². The molecule has 0 aromatic heterocycles. The number of carbonyl (C=O) groups is 1. The number of amides is 1. The van der Waals surface area contributed by atoms with E-state index in [1.165, 1.54) is 0 Å². The van der Waals surface area contributed by atoms with Crippen molar-refractivity contribution in [3.05, 3.63) is 33.8 Å². The predicted octanol–water partition coefficient (Wildman–Crippen LogP) is 2.39. The molecule has 1 aromatic rings. The van der Waals surface area contributed by atoms with Gasteiger partial charge in [-0.25, -0.2) is 17.2 Å². The van der Waals surface area contributed by atoms with Crippen LogP contribution in [0.5, 0.6) is 0 Å². The van der Waals surface area contributed by atoms with Gasteiger partial charge < -0.3 is 5.32 Å². The van der Waals surface area contributed by atoms with Crippen LogP contribution in [0.25, 0.3) is 0 Å². The maximum absolute atomic E-state index is 13.4. The fraction of sp³-hybridized carbons (Fsp3) is 0.300.